The standard InChI is InChI=1S/C30H19ClO/c31-30-25(23-9-5-2-6-10-23)17-18-27-29(30)26-16-15-24(19-28(26)32-27)22-13-11-21(12-14-22)20-7-3-1-4-8-20/h1-19H. The van der Waals surface area contributed by atoms with Crippen molar-refractivity contribution in [3.05, 3.63) is 120 Å². The van der Waals surface area contributed by atoms with E-state index in [1.54, 1.807) is 0 Å². The van der Waals surface area contributed by atoms with Crippen LogP contribution < -0.4 is 0 Å². The van der Waals surface area contributed by atoms with Crippen molar-refractivity contribution in [3.63, 3.8) is 0 Å². The maximum atomic E-state index is 6.87. The Balaban J connectivity index is 1.43. The molecule has 1 nitrogen and oxygen atoms in total. The lowest BCUT2D eigenvalue weighted by atomic mass is 9.99. The van der Waals surface area contributed by atoms with Gasteiger partial charge in [-0.3, -0.25) is 0 Å². The topological polar surface area (TPSA) is 13.1 Å². The minimum Gasteiger partial charge on any atom is -0.456 e. The van der Waals surface area contributed by atoms with Gasteiger partial charge in [-0.25, -0.2) is 0 Å². The molecule has 0 unspecified atom stereocenters. The zero-order chi connectivity index (χ0) is 21.5. The van der Waals surface area contributed by atoms with Crippen LogP contribution in [0.15, 0.2) is 120 Å². The first kappa shape index (κ1) is 18.9. The zero-order valence-corrected chi connectivity index (χ0v) is 18.0. The van der Waals surface area contributed by atoms with Crippen LogP contribution in [0.1, 0.15) is 0 Å². The normalized spacial score (nSPS) is 11.3. The first-order chi connectivity index (χ1) is 15.8. The lowest BCUT2D eigenvalue weighted by molar-refractivity contribution is 0.669. The molecule has 6 rings (SSSR count). The maximum absolute atomic E-state index is 6.87. The Kier molecular flexibility index (Phi) is 4.56. The third-order valence-corrected chi connectivity index (χ3v) is 6.38. The van der Waals surface area contributed by atoms with Gasteiger partial charge in [0.1, 0.15) is 11.2 Å². The number of benzene rings is 5. The molecule has 0 saturated carbocycles. The predicted molar refractivity (Wildman–Crippen MR) is 135 cm³/mol. The van der Waals surface area contributed by atoms with E-state index in [2.05, 4.69) is 78.9 Å². The lowest BCUT2D eigenvalue weighted by Gasteiger charge is -2.06. The zero-order valence-electron chi connectivity index (χ0n) is 17.3. The molecule has 0 N–H and O–H groups in total. The van der Waals surface area contributed by atoms with Gasteiger partial charge in [-0.2, -0.15) is 0 Å². The smallest absolute Gasteiger partial charge is 0.136 e. The van der Waals surface area contributed by atoms with Crippen LogP contribution in [0.3, 0.4) is 0 Å². The van der Waals surface area contributed by atoms with E-state index in [9.17, 15) is 0 Å². The maximum Gasteiger partial charge on any atom is 0.136 e. The summed E-state index contributed by atoms with van der Waals surface area (Å²) in [5.74, 6) is 0. The second-order valence-corrected chi connectivity index (χ2v) is 8.30. The summed E-state index contributed by atoms with van der Waals surface area (Å²) >= 11 is 6.87. The van der Waals surface area contributed by atoms with Gasteiger partial charge >= 0.3 is 0 Å². The molecular weight excluding hydrogens is 412 g/mol. The van der Waals surface area contributed by atoms with E-state index in [0.29, 0.717) is 0 Å². The molecule has 0 fully saturated rings. The summed E-state index contributed by atoms with van der Waals surface area (Å²) in [5, 5.41) is 2.73. The molecule has 32 heavy (non-hydrogen) atoms. The summed E-state index contributed by atoms with van der Waals surface area (Å²) in [7, 11) is 0. The molecule has 0 aliphatic heterocycles. The molecule has 1 aromatic heterocycles. The van der Waals surface area contributed by atoms with Crippen molar-refractivity contribution in [3.8, 4) is 33.4 Å². The number of hydrogen-bond donors (Lipinski definition) is 0. The number of fused-ring (bicyclic) bond motifs is 3. The molecule has 0 aliphatic carbocycles. The van der Waals surface area contributed by atoms with Crippen LogP contribution in [0.2, 0.25) is 5.02 Å². The van der Waals surface area contributed by atoms with Gasteiger partial charge < -0.3 is 4.42 Å². The summed E-state index contributed by atoms with van der Waals surface area (Å²) < 4.78 is 6.19. The van der Waals surface area contributed by atoms with Crippen LogP contribution in [-0.4, -0.2) is 0 Å². The summed E-state index contributed by atoms with van der Waals surface area (Å²) in [5.41, 5.74) is 8.47. The largest absolute Gasteiger partial charge is 0.456 e. The van der Waals surface area contributed by atoms with Crippen LogP contribution in [0.25, 0.3) is 55.3 Å². The molecular formula is C30H19ClO. The van der Waals surface area contributed by atoms with E-state index in [4.69, 9.17) is 16.0 Å². The van der Waals surface area contributed by atoms with Gasteiger partial charge in [0.05, 0.1) is 5.02 Å². The van der Waals surface area contributed by atoms with E-state index in [1.165, 1.54) is 11.1 Å². The molecule has 0 bridgehead atoms. The highest BCUT2D eigenvalue weighted by Crippen LogP contribution is 2.41. The van der Waals surface area contributed by atoms with Gasteiger partial charge in [0.25, 0.3) is 0 Å². The number of rotatable bonds is 3. The van der Waals surface area contributed by atoms with Gasteiger partial charge in [-0.1, -0.05) is 103 Å². The summed E-state index contributed by atoms with van der Waals surface area (Å²) in [6.45, 7) is 0. The molecule has 0 atom stereocenters. The molecule has 0 aliphatic rings. The second kappa shape index (κ2) is 7.71. The molecule has 5 aromatic carbocycles. The van der Waals surface area contributed by atoms with Gasteiger partial charge in [-0.05, 0) is 52.1 Å². The van der Waals surface area contributed by atoms with Crippen LogP contribution in [0.5, 0.6) is 0 Å². The monoisotopic (exact) mass is 430 g/mol. The number of furan rings is 1. The fraction of sp³-hybridized carbons (Fsp3) is 0. The third-order valence-electron chi connectivity index (χ3n) is 5.98. The van der Waals surface area contributed by atoms with E-state index >= 15 is 0 Å². The van der Waals surface area contributed by atoms with E-state index in [0.717, 1.165) is 49.2 Å². The lowest BCUT2D eigenvalue weighted by Crippen LogP contribution is -1.81. The Morgan fingerprint density at radius 3 is 1.72 bits per heavy atom. The molecule has 0 spiro atoms. The third kappa shape index (κ3) is 3.19. The van der Waals surface area contributed by atoms with Crippen molar-refractivity contribution < 1.29 is 4.42 Å². The summed E-state index contributed by atoms with van der Waals surface area (Å²) in [4.78, 5) is 0. The number of halogens is 1. The first-order valence-corrected chi connectivity index (χ1v) is 11.0. The van der Waals surface area contributed by atoms with E-state index in [-0.39, 0.29) is 0 Å². The molecule has 1 heterocycles. The summed E-state index contributed by atoms with van der Waals surface area (Å²) in [6, 6.07) is 39.7. The highest BCUT2D eigenvalue weighted by Gasteiger charge is 2.15. The van der Waals surface area contributed by atoms with Crippen LogP contribution in [0, 0.1) is 0 Å². The molecule has 0 amide bonds. The van der Waals surface area contributed by atoms with Crippen molar-refractivity contribution in [2.24, 2.45) is 0 Å². The Hall–Kier alpha value is -3.81. The fourth-order valence-corrected chi connectivity index (χ4v) is 4.70. The second-order valence-electron chi connectivity index (χ2n) is 7.92. The van der Waals surface area contributed by atoms with Crippen molar-refractivity contribution in [1.29, 1.82) is 0 Å². The minimum atomic E-state index is 0.729. The quantitative estimate of drug-likeness (QED) is 0.272. The van der Waals surface area contributed by atoms with E-state index < -0.39 is 0 Å². The van der Waals surface area contributed by atoms with Gasteiger partial charge in [-0.15, -0.1) is 0 Å². The molecule has 0 radical (unpaired) electrons. The number of hydrogen-bond acceptors (Lipinski definition) is 1. The first-order valence-electron chi connectivity index (χ1n) is 10.6. The van der Waals surface area contributed by atoms with Crippen LogP contribution in [-0.2, 0) is 0 Å². The Bertz CT molecular complexity index is 1550. The molecule has 6 aromatic rings. The van der Waals surface area contributed by atoms with E-state index in [1.807, 2.05) is 36.4 Å². The van der Waals surface area contributed by atoms with Gasteiger partial charge in [0, 0.05) is 16.3 Å². The average Bonchev–Trinajstić information content (AvgIpc) is 3.24. The highest BCUT2D eigenvalue weighted by molar-refractivity contribution is 6.40. The van der Waals surface area contributed by atoms with Crippen LogP contribution in [0.4, 0.5) is 0 Å². The Morgan fingerprint density at radius 2 is 1.03 bits per heavy atom. The highest BCUT2D eigenvalue weighted by atomic mass is 35.5. The summed E-state index contributed by atoms with van der Waals surface area (Å²) in [6.07, 6.45) is 0. The van der Waals surface area contributed by atoms with Crippen LogP contribution >= 0.6 is 11.6 Å². The predicted octanol–water partition coefficient (Wildman–Crippen LogP) is 9.24. The Morgan fingerprint density at radius 1 is 0.469 bits per heavy atom. The minimum absolute atomic E-state index is 0.729. The van der Waals surface area contributed by atoms with Gasteiger partial charge in [0.2, 0.25) is 0 Å². The Labute approximate surface area is 191 Å². The fourth-order valence-electron chi connectivity index (χ4n) is 4.33. The van der Waals surface area contributed by atoms with Gasteiger partial charge in [0.15, 0.2) is 0 Å². The average molecular weight is 431 g/mol. The van der Waals surface area contributed by atoms with Crippen molar-refractivity contribution >= 4 is 33.5 Å². The SMILES string of the molecule is Clc1c(-c2ccccc2)ccc2oc3cc(-c4ccc(-c5ccccc5)cc4)ccc3c12. The van der Waals surface area contributed by atoms with Crippen molar-refractivity contribution in [2.75, 3.05) is 0 Å². The van der Waals surface area contributed by atoms with Crippen molar-refractivity contribution in [1.82, 2.24) is 0 Å². The molecule has 2 heteroatoms. The molecule has 0 saturated heterocycles. The molecule has 152 valence electrons. The van der Waals surface area contributed by atoms with Crippen molar-refractivity contribution in [2.45, 2.75) is 0 Å².